The van der Waals surface area contributed by atoms with Gasteiger partial charge in [-0.25, -0.2) is 0 Å². The highest BCUT2D eigenvalue weighted by Gasteiger charge is 2.10. The van der Waals surface area contributed by atoms with Crippen molar-refractivity contribution in [3.63, 3.8) is 0 Å². The number of unbranched alkanes of at least 4 members (excludes halogenated alkanes) is 9. The first-order chi connectivity index (χ1) is 14.5. The Morgan fingerprint density at radius 2 is 1.30 bits per heavy atom. The molecule has 8 heteroatoms. The fraction of sp³-hybridized carbons (Fsp3) is 0.955. The molecule has 30 heavy (non-hydrogen) atoms. The zero-order chi connectivity index (χ0) is 22.9. The van der Waals surface area contributed by atoms with Crippen LogP contribution < -0.4 is 0 Å². The molecule has 0 fully saturated rings. The number of ether oxygens (including phenoxy) is 2. The second kappa shape index (κ2) is 26.3. The fourth-order valence-electron chi connectivity index (χ4n) is 2.72. The molecule has 0 heterocycles. The van der Waals surface area contributed by atoms with Crippen LogP contribution in [0, 0.1) is 0 Å². The van der Waals surface area contributed by atoms with Crippen LogP contribution in [-0.2, 0) is 14.3 Å². The molecule has 0 aromatic carbocycles. The second-order valence-corrected chi connectivity index (χ2v) is 7.46. The van der Waals surface area contributed by atoms with Crippen LogP contribution in [0.2, 0.25) is 0 Å². The summed E-state index contributed by atoms with van der Waals surface area (Å²) in [6.45, 7) is 2.90. The van der Waals surface area contributed by atoms with Crippen LogP contribution >= 0.6 is 0 Å². The lowest BCUT2D eigenvalue weighted by Crippen LogP contribution is -2.25. The van der Waals surface area contributed by atoms with Crippen molar-refractivity contribution in [3.05, 3.63) is 0 Å². The Morgan fingerprint density at radius 3 is 1.80 bits per heavy atom. The number of aliphatic hydroxyl groups excluding tert-OH is 4. The summed E-state index contributed by atoms with van der Waals surface area (Å²) in [4.78, 5) is 10.2. The average Bonchev–Trinajstić information content (AvgIpc) is 2.72. The molecular weight excluding hydrogens is 392 g/mol. The van der Waals surface area contributed by atoms with Crippen molar-refractivity contribution in [2.24, 2.45) is 0 Å². The Morgan fingerprint density at radius 1 is 0.767 bits per heavy atom. The van der Waals surface area contributed by atoms with E-state index in [9.17, 15) is 9.90 Å². The molecular formula is C22H46O8. The Bertz CT molecular complexity index is 341. The molecule has 0 aliphatic carbocycles. The molecule has 0 saturated carbocycles. The van der Waals surface area contributed by atoms with Crippen molar-refractivity contribution in [1.29, 1.82) is 0 Å². The number of hydrogen-bond acceptors (Lipinski definition) is 7. The van der Waals surface area contributed by atoms with Gasteiger partial charge in [-0.05, 0) is 6.42 Å². The van der Waals surface area contributed by atoms with E-state index in [-0.39, 0.29) is 32.8 Å². The Balaban J connectivity index is 0. The summed E-state index contributed by atoms with van der Waals surface area (Å²) >= 11 is 0. The van der Waals surface area contributed by atoms with E-state index in [1.807, 2.05) is 0 Å². The van der Waals surface area contributed by atoms with Gasteiger partial charge in [0.05, 0.1) is 51.8 Å². The third-order valence-electron chi connectivity index (χ3n) is 4.42. The first-order valence-corrected chi connectivity index (χ1v) is 11.4. The van der Waals surface area contributed by atoms with Gasteiger partial charge in [0.15, 0.2) is 0 Å². The van der Waals surface area contributed by atoms with E-state index < -0.39 is 18.2 Å². The zero-order valence-corrected chi connectivity index (χ0v) is 18.8. The molecule has 0 saturated heterocycles. The number of carboxylic acids is 1. The number of aliphatic carboxylic acids is 1. The summed E-state index contributed by atoms with van der Waals surface area (Å²) in [5.74, 6) is -0.658. The summed E-state index contributed by atoms with van der Waals surface area (Å²) in [5, 5.41) is 43.6. The largest absolute Gasteiger partial charge is 0.481 e. The SMILES string of the molecule is CCCCCCCCCCCCC(=O)O.OCCOCCOCC(O)CC(O)CO. The molecule has 0 aromatic rings. The van der Waals surface area contributed by atoms with E-state index in [4.69, 9.17) is 29.9 Å². The van der Waals surface area contributed by atoms with Crippen LogP contribution in [0.5, 0.6) is 0 Å². The topological polar surface area (TPSA) is 137 Å². The van der Waals surface area contributed by atoms with Crippen molar-refractivity contribution in [1.82, 2.24) is 0 Å². The van der Waals surface area contributed by atoms with Crippen molar-refractivity contribution in [2.75, 3.05) is 39.6 Å². The lowest BCUT2D eigenvalue weighted by molar-refractivity contribution is -0.137. The molecule has 2 unspecified atom stereocenters. The van der Waals surface area contributed by atoms with Crippen molar-refractivity contribution < 1.29 is 39.8 Å². The van der Waals surface area contributed by atoms with Gasteiger partial charge in [-0.15, -0.1) is 0 Å². The highest BCUT2D eigenvalue weighted by molar-refractivity contribution is 5.66. The predicted molar refractivity (Wildman–Crippen MR) is 117 cm³/mol. The van der Waals surface area contributed by atoms with Crippen LogP contribution in [0.1, 0.15) is 84.0 Å². The number of carbonyl (C=O) groups is 1. The highest BCUT2D eigenvalue weighted by atomic mass is 16.5. The summed E-state index contributed by atoms with van der Waals surface area (Å²) in [5.41, 5.74) is 0. The number of aliphatic hydroxyl groups is 4. The van der Waals surface area contributed by atoms with Gasteiger partial charge in [0.1, 0.15) is 0 Å². The van der Waals surface area contributed by atoms with Crippen LogP contribution in [0.25, 0.3) is 0 Å². The average molecular weight is 439 g/mol. The van der Waals surface area contributed by atoms with E-state index in [1.165, 1.54) is 51.4 Å². The van der Waals surface area contributed by atoms with Crippen LogP contribution in [-0.4, -0.2) is 83.4 Å². The highest BCUT2D eigenvalue weighted by Crippen LogP contribution is 2.11. The summed E-state index contributed by atoms with van der Waals surface area (Å²) in [6, 6.07) is 0. The fourth-order valence-corrected chi connectivity index (χ4v) is 2.72. The third-order valence-corrected chi connectivity index (χ3v) is 4.42. The standard InChI is InChI=1S/C13H26O2.C9H20O6/c1-2-3-4-5-6-7-8-9-10-11-12-13(14)15;10-1-2-14-3-4-15-7-9(13)5-8(12)6-11/h2-12H2,1H3,(H,14,15);8-13H,1-7H2. The van der Waals surface area contributed by atoms with Gasteiger partial charge in [-0.2, -0.15) is 0 Å². The van der Waals surface area contributed by atoms with Gasteiger partial charge < -0.3 is 35.0 Å². The predicted octanol–water partition coefficient (Wildman–Crippen LogP) is 2.50. The normalized spacial score (nSPS) is 12.8. The lowest BCUT2D eigenvalue weighted by atomic mass is 10.1. The number of hydrogen-bond donors (Lipinski definition) is 5. The Labute approximate surface area is 182 Å². The first kappa shape index (κ1) is 31.4. The van der Waals surface area contributed by atoms with Gasteiger partial charge in [0.2, 0.25) is 0 Å². The lowest BCUT2D eigenvalue weighted by Gasteiger charge is -2.13. The molecule has 8 nitrogen and oxygen atoms in total. The molecule has 5 N–H and O–H groups in total. The van der Waals surface area contributed by atoms with E-state index in [2.05, 4.69) is 6.92 Å². The van der Waals surface area contributed by atoms with Crippen LogP contribution in [0.15, 0.2) is 0 Å². The van der Waals surface area contributed by atoms with Crippen LogP contribution in [0.3, 0.4) is 0 Å². The molecule has 0 aromatic heterocycles. The molecule has 0 radical (unpaired) electrons. The van der Waals surface area contributed by atoms with Gasteiger partial charge in [0, 0.05) is 12.8 Å². The Kier molecular flexibility index (Phi) is 27.5. The first-order valence-electron chi connectivity index (χ1n) is 11.4. The minimum absolute atomic E-state index is 0.0225. The maximum Gasteiger partial charge on any atom is 0.303 e. The minimum atomic E-state index is -0.908. The van der Waals surface area contributed by atoms with E-state index in [0.717, 1.165) is 12.8 Å². The van der Waals surface area contributed by atoms with E-state index in [0.29, 0.717) is 19.6 Å². The monoisotopic (exact) mass is 438 g/mol. The maximum absolute atomic E-state index is 10.2. The van der Waals surface area contributed by atoms with Crippen molar-refractivity contribution >= 4 is 5.97 Å². The molecule has 0 amide bonds. The smallest absolute Gasteiger partial charge is 0.303 e. The van der Waals surface area contributed by atoms with E-state index >= 15 is 0 Å². The third kappa shape index (κ3) is 29.4. The van der Waals surface area contributed by atoms with Gasteiger partial charge >= 0.3 is 5.97 Å². The molecule has 2 atom stereocenters. The summed E-state index contributed by atoms with van der Waals surface area (Å²) in [7, 11) is 0. The van der Waals surface area contributed by atoms with E-state index in [1.54, 1.807) is 0 Å². The van der Waals surface area contributed by atoms with Gasteiger partial charge in [0.25, 0.3) is 0 Å². The molecule has 0 aliphatic heterocycles. The quantitative estimate of drug-likeness (QED) is 0.172. The molecule has 182 valence electrons. The van der Waals surface area contributed by atoms with Crippen molar-refractivity contribution in [2.45, 2.75) is 96.2 Å². The molecule has 0 spiro atoms. The van der Waals surface area contributed by atoms with Crippen molar-refractivity contribution in [3.8, 4) is 0 Å². The number of carboxylic acid groups (broad SMARTS) is 1. The summed E-state index contributed by atoms with van der Waals surface area (Å²) < 4.78 is 9.96. The number of rotatable bonds is 21. The molecule has 0 rings (SSSR count). The van der Waals surface area contributed by atoms with Crippen LogP contribution in [0.4, 0.5) is 0 Å². The Hall–Kier alpha value is -0.770. The molecule has 0 aliphatic rings. The zero-order valence-electron chi connectivity index (χ0n) is 18.8. The minimum Gasteiger partial charge on any atom is -0.481 e. The van der Waals surface area contributed by atoms with Gasteiger partial charge in [-0.1, -0.05) is 64.7 Å². The maximum atomic E-state index is 10.2. The second-order valence-electron chi connectivity index (χ2n) is 7.46. The summed E-state index contributed by atoms with van der Waals surface area (Å²) in [6.07, 6.45) is 11.3. The van der Waals surface area contributed by atoms with Gasteiger partial charge in [-0.3, -0.25) is 4.79 Å². The molecule has 0 bridgehead atoms.